The summed E-state index contributed by atoms with van der Waals surface area (Å²) in [5, 5.41) is 2.95. The predicted octanol–water partition coefficient (Wildman–Crippen LogP) is 4.02. The van der Waals surface area contributed by atoms with E-state index in [4.69, 9.17) is 4.74 Å². The molecule has 232 valence electrons. The largest absolute Gasteiger partial charge is 0.495 e. The molecule has 0 radical (unpaired) electrons. The molecule has 1 amide bonds. The first-order valence-corrected chi connectivity index (χ1v) is 15.8. The van der Waals surface area contributed by atoms with Crippen molar-refractivity contribution in [3.63, 3.8) is 0 Å². The highest BCUT2D eigenvalue weighted by Gasteiger charge is 2.39. The third kappa shape index (κ3) is 7.32. The number of nitrogens with one attached hydrogen (secondary N) is 1. The minimum absolute atomic E-state index is 0.0619. The first kappa shape index (κ1) is 32.0. The molecule has 1 N–H and O–H groups in total. The van der Waals surface area contributed by atoms with Crippen LogP contribution in [0.5, 0.6) is 5.75 Å². The SMILES string of the molecule is COc1ccc(C(=O)N(C)C2CCN(C)CC2)cc1Nc1ncc(C(F)(F)F)c(C[C@@H]2CCC[C@H]2N(C)S(C)(=O)=O)n1. The zero-order chi connectivity index (χ0) is 30.8. The van der Waals surface area contributed by atoms with Crippen molar-refractivity contribution in [3.05, 3.63) is 41.2 Å². The Balaban J connectivity index is 1.61. The summed E-state index contributed by atoms with van der Waals surface area (Å²) in [6.07, 6.45) is 0.664. The van der Waals surface area contributed by atoms with Gasteiger partial charge >= 0.3 is 6.18 Å². The highest BCUT2D eigenvalue weighted by molar-refractivity contribution is 7.88. The van der Waals surface area contributed by atoms with Crippen molar-refractivity contribution >= 4 is 27.6 Å². The van der Waals surface area contributed by atoms with Gasteiger partial charge < -0.3 is 19.9 Å². The van der Waals surface area contributed by atoms with E-state index in [1.807, 2.05) is 7.05 Å². The quantitative estimate of drug-likeness (QED) is 0.453. The molecule has 1 aromatic heterocycles. The van der Waals surface area contributed by atoms with Gasteiger partial charge in [0.1, 0.15) is 5.75 Å². The average molecular weight is 613 g/mol. The van der Waals surface area contributed by atoms with E-state index < -0.39 is 27.8 Å². The molecule has 1 saturated carbocycles. The van der Waals surface area contributed by atoms with Crippen molar-refractivity contribution in [1.29, 1.82) is 0 Å². The van der Waals surface area contributed by atoms with E-state index in [9.17, 15) is 26.4 Å². The van der Waals surface area contributed by atoms with Crippen LogP contribution >= 0.6 is 0 Å². The van der Waals surface area contributed by atoms with Crippen LogP contribution < -0.4 is 10.1 Å². The van der Waals surface area contributed by atoms with Gasteiger partial charge in [-0.05, 0) is 76.4 Å². The number of halogens is 3. The van der Waals surface area contributed by atoms with Gasteiger partial charge in [0, 0.05) is 37.9 Å². The van der Waals surface area contributed by atoms with Crippen LogP contribution in [0.1, 0.15) is 53.7 Å². The number of sulfonamides is 1. The molecule has 1 saturated heterocycles. The van der Waals surface area contributed by atoms with Crippen molar-refractivity contribution < 1.29 is 31.1 Å². The molecule has 0 unspecified atom stereocenters. The van der Waals surface area contributed by atoms with Crippen LogP contribution in [0.3, 0.4) is 0 Å². The molecule has 1 aliphatic heterocycles. The number of rotatable bonds is 9. The maximum atomic E-state index is 14.0. The van der Waals surface area contributed by atoms with Gasteiger partial charge in [0.25, 0.3) is 5.91 Å². The summed E-state index contributed by atoms with van der Waals surface area (Å²) in [5.41, 5.74) is -0.450. The third-order valence-electron chi connectivity index (χ3n) is 8.49. The van der Waals surface area contributed by atoms with Crippen LogP contribution in [0.4, 0.5) is 24.8 Å². The number of likely N-dealkylation sites (tertiary alicyclic amines) is 1. The summed E-state index contributed by atoms with van der Waals surface area (Å²) in [7, 11) is 3.22. The van der Waals surface area contributed by atoms with Crippen LogP contribution in [-0.4, -0.2) is 98.1 Å². The molecule has 4 rings (SSSR count). The minimum Gasteiger partial charge on any atom is -0.495 e. The van der Waals surface area contributed by atoms with Gasteiger partial charge in [-0.25, -0.2) is 22.7 Å². The number of nitrogens with zero attached hydrogens (tertiary/aromatic N) is 5. The second-order valence-electron chi connectivity index (χ2n) is 11.3. The normalized spacial score (nSPS) is 20.6. The molecule has 0 spiro atoms. The maximum absolute atomic E-state index is 14.0. The van der Waals surface area contributed by atoms with Gasteiger partial charge in [0.05, 0.1) is 30.3 Å². The predicted molar refractivity (Wildman–Crippen MR) is 153 cm³/mol. The van der Waals surface area contributed by atoms with Crippen LogP contribution in [0.2, 0.25) is 0 Å². The molecule has 10 nitrogen and oxygen atoms in total. The highest BCUT2D eigenvalue weighted by Crippen LogP contribution is 2.38. The zero-order valence-corrected chi connectivity index (χ0v) is 25.4. The number of methoxy groups -OCH3 is 1. The summed E-state index contributed by atoms with van der Waals surface area (Å²) >= 11 is 0. The molecular formula is C28H39F3N6O4S. The van der Waals surface area contributed by atoms with E-state index in [1.165, 1.54) is 18.5 Å². The second kappa shape index (κ2) is 12.7. The standard InChI is InChI=1S/C28H39F3N6O4S/c1-35-13-11-20(12-14-35)36(2)26(38)19-9-10-25(41-4)23(16-19)34-27-32-17-21(28(29,30)31)22(33-27)15-18-7-6-8-24(18)37(3)42(5,39)40/h9-10,16-18,20,24H,6-8,11-15H2,1-5H3,(H,32,33,34)/t18-,24+/m0/s1. The lowest BCUT2D eigenvalue weighted by molar-refractivity contribution is -0.138. The highest BCUT2D eigenvalue weighted by atomic mass is 32.2. The Morgan fingerprint density at radius 2 is 1.86 bits per heavy atom. The zero-order valence-electron chi connectivity index (χ0n) is 24.6. The summed E-state index contributed by atoms with van der Waals surface area (Å²) in [6.45, 7) is 1.80. The van der Waals surface area contributed by atoms with Crippen LogP contribution in [0.15, 0.2) is 24.4 Å². The number of ether oxygens (including phenoxy) is 1. The number of anilines is 2. The second-order valence-corrected chi connectivity index (χ2v) is 13.3. The number of piperidine rings is 1. The van der Waals surface area contributed by atoms with E-state index >= 15 is 0 Å². The Morgan fingerprint density at radius 1 is 1.17 bits per heavy atom. The monoisotopic (exact) mass is 612 g/mol. The Hall–Kier alpha value is -2.97. The summed E-state index contributed by atoms with van der Waals surface area (Å²) in [6, 6.07) is 4.54. The molecular weight excluding hydrogens is 573 g/mol. The van der Waals surface area contributed by atoms with Gasteiger partial charge in [0.15, 0.2) is 0 Å². The Kier molecular flexibility index (Phi) is 9.68. The van der Waals surface area contributed by atoms with Crippen molar-refractivity contribution in [1.82, 2.24) is 24.1 Å². The molecule has 2 fully saturated rings. The number of hydrogen-bond acceptors (Lipinski definition) is 8. The van der Waals surface area contributed by atoms with Crippen molar-refractivity contribution in [3.8, 4) is 5.75 Å². The first-order chi connectivity index (χ1) is 19.7. The number of hydrogen-bond donors (Lipinski definition) is 1. The van der Waals surface area contributed by atoms with Gasteiger partial charge in [0.2, 0.25) is 16.0 Å². The Bertz CT molecular complexity index is 1380. The molecule has 2 atom stereocenters. The summed E-state index contributed by atoms with van der Waals surface area (Å²) in [4.78, 5) is 25.5. The van der Waals surface area contributed by atoms with Gasteiger partial charge in [-0.15, -0.1) is 0 Å². The first-order valence-electron chi connectivity index (χ1n) is 14.0. The molecule has 42 heavy (non-hydrogen) atoms. The van der Waals surface area contributed by atoms with E-state index in [-0.39, 0.29) is 35.9 Å². The lowest BCUT2D eigenvalue weighted by atomic mass is 9.95. The Morgan fingerprint density at radius 3 is 2.48 bits per heavy atom. The lowest BCUT2D eigenvalue weighted by Gasteiger charge is -2.35. The van der Waals surface area contributed by atoms with Gasteiger partial charge in [-0.3, -0.25) is 4.79 Å². The van der Waals surface area contributed by atoms with E-state index in [0.29, 0.717) is 36.3 Å². The van der Waals surface area contributed by atoms with Crippen LogP contribution in [0.25, 0.3) is 0 Å². The van der Waals surface area contributed by atoms with Crippen molar-refractivity contribution in [2.45, 2.75) is 56.8 Å². The summed E-state index contributed by atoms with van der Waals surface area (Å²) < 4.78 is 72.9. The molecule has 1 aromatic carbocycles. The molecule has 2 heterocycles. The third-order valence-corrected chi connectivity index (χ3v) is 9.80. The summed E-state index contributed by atoms with van der Waals surface area (Å²) in [5.74, 6) is -0.231. The van der Waals surface area contributed by atoms with E-state index in [0.717, 1.165) is 38.4 Å². The maximum Gasteiger partial charge on any atom is 0.419 e. The molecule has 2 aromatic rings. The van der Waals surface area contributed by atoms with Crippen LogP contribution in [0, 0.1) is 5.92 Å². The molecule has 2 aliphatic rings. The fraction of sp³-hybridized carbons (Fsp3) is 0.607. The number of aromatic nitrogens is 2. The number of benzene rings is 1. The smallest absolute Gasteiger partial charge is 0.419 e. The number of amides is 1. The lowest BCUT2D eigenvalue weighted by Crippen LogP contribution is -2.44. The van der Waals surface area contributed by atoms with Crippen LogP contribution in [-0.2, 0) is 22.6 Å². The topological polar surface area (TPSA) is 108 Å². The number of carbonyl (C=O) groups is 1. The van der Waals surface area contributed by atoms with Gasteiger partial charge in [-0.2, -0.15) is 13.2 Å². The Labute approximate surface area is 245 Å². The fourth-order valence-electron chi connectivity index (χ4n) is 5.91. The number of carbonyl (C=O) groups excluding carboxylic acids is 1. The average Bonchev–Trinajstić information content (AvgIpc) is 3.39. The minimum atomic E-state index is -4.69. The molecule has 14 heteroatoms. The van der Waals surface area contributed by atoms with Gasteiger partial charge in [-0.1, -0.05) is 6.42 Å². The fourth-order valence-corrected chi connectivity index (χ4v) is 6.68. The van der Waals surface area contributed by atoms with Crippen molar-refractivity contribution in [2.75, 3.05) is 52.9 Å². The van der Waals surface area contributed by atoms with Crippen molar-refractivity contribution in [2.24, 2.45) is 5.92 Å². The van der Waals surface area contributed by atoms with E-state index in [1.54, 1.807) is 30.1 Å². The number of alkyl halides is 3. The molecule has 0 bridgehead atoms. The van der Waals surface area contributed by atoms with E-state index in [2.05, 4.69) is 20.2 Å². The molecule has 1 aliphatic carbocycles.